The van der Waals surface area contributed by atoms with E-state index in [2.05, 4.69) is 35.9 Å². The van der Waals surface area contributed by atoms with Gasteiger partial charge in [0.15, 0.2) is 11.0 Å². The minimum absolute atomic E-state index is 0.0330. The third-order valence-electron chi connectivity index (χ3n) is 3.71. The molecule has 0 aliphatic rings. The quantitative estimate of drug-likeness (QED) is 0.841. The van der Waals surface area contributed by atoms with Crippen LogP contribution in [0.1, 0.15) is 27.2 Å². The number of nitrogens with zero attached hydrogens (tertiary/aromatic N) is 3. The lowest BCUT2D eigenvalue weighted by Crippen LogP contribution is -2.41. The van der Waals surface area contributed by atoms with Gasteiger partial charge in [0.25, 0.3) is 0 Å². The van der Waals surface area contributed by atoms with Gasteiger partial charge in [0.1, 0.15) is 0 Å². The molecule has 2 rings (SSSR count). The molecule has 96 valence electrons. The van der Waals surface area contributed by atoms with Crippen molar-refractivity contribution in [2.24, 2.45) is 0 Å². The largest absolute Gasteiger partial charge is 0.353 e. The molecule has 0 saturated heterocycles. The molecule has 0 atom stereocenters. The number of anilines is 1. The van der Waals surface area contributed by atoms with E-state index < -0.39 is 0 Å². The molecule has 0 amide bonds. The minimum atomic E-state index is 0.0330. The summed E-state index contributed by atoms with van der Waals surface area (Å²) in [6, 6.07) is 7.97. The Morgan fingerprint density at radius 1 is 1.17 bits per heavy atom. The van der Waals surface area contributed by atoms with Crippen LogP contribution in [0.25, 0.3) is 10.8 Å². The van der Waals surface area contributed by atoms with E-state index in [0.717, 1.165) is 23.0 Å². The summed E-state index contributed by atoms with van der Waals surface area (Å²) >= 11 is 6.09. The van der Waals surface area contributed by atoms with Gasteiger partial charge in [-0.1, -0.05) is 42.8 Å². The van der Waals surface area contributed by atoms with Gasteiger partial charge in [-0.25, -0.2) is 0 Å². The molecule has 0 spiro atoms. The number of fused-ring (bicyclic) bond motifs is 1. The Kier molecular flexibility index (Phi) is 3.44. The highest BCUT2D eigenvalue weighted by Crippen LogP contribution is 2.31. The molecule has 0 radical (unpaired) electrons. The molecule has 4 heteroatoms. The Morgan fingerprint density at radius 2 is 1.78 bits per heavy atom. The number of aromatic nitrogens is 2. The van der Waals surface area contributed by atoms with Gasteiger partial charge in [-0.15, -0.1) is 10.2 Å². The summed E-state index contributed by atoms with van der Waals surface area (Å²) in [6.07, 6.45) is 1.03. The molecule has 18 heavy (non-hydrogen) atoms. The van der Waals surface area contributed by atoms with Gasteiger partial charge in [0, 0.05) is 23.4 Å². The lowest BCUT2D eigenvalue weighted by Gasteiger charge is -2.36. The normalized spacial score (nSPS) is 11.8. The van der Waals surface area contributed by atoms with Crippen LogP contribution in [-0.4, -0.2) is 22.8 Å². The second-order valence-electron chi connectivity index (χ2n) is 5.09. The molecule has 3 nitrogen and oxygen atoms in total. The van der Waals surface area contributed by atoms with Crippen LogP contribution in [0.2, 0.25) is 5.15 Å². The van der Waals surface area contributed by atoms with Crippen molar-refractivity contribution in [1.29, 1.82) is 0 Å². The molecule has 0 aliphatic heterocycles. The number of halogens is 1. The molecule has 1 aromatic carbocycles. The first-order valence-electron chi connectivity index (χ1n) is 6.12. The third kappa shape index (κ3) is 2.15. The van der Waals surface area contributed by atoms with Crippen LogP contribution in [0.5, 0.6) is 0 Å². The summed E-state index contributed by atoms with van der Waals surface area (Å²) in [6.45, 7) is 6.55. The summed E-state index contributed by atoms with van der Waals surface area (Å²) in [7, 11) is 2.05. The molecular formula is C14H18ClN3. The third-order valence-corrected chi connectivity index (χ3v) is 3.99. The summed E-state index contributed by atoms with van der Waals surface area (Å²) in [4.78, 5) is 2.17. The maximum Gasteiger partial charge on any atom is 0.159 e. The fourth-order valence-corrected chi connectivity index (χ4v) is 2.03. The van der Waals surface area contributed by atoms with Gasteiger partial charge in [0.05, 0.1) is 0 Å². The second kappa shape index (κ2) is 4.73. The predicted octanol–water partition coefficient (Wildman–Crippen LogP) is 3.91. The Hall–Kier alpha value is -1.35. The molecule has 0 bridgehead atoms. The molecule has 0 unspecified atom stereocenters. The summed E-state index contributed by atoms with van der Waals surface area (Å²) in [5.41, 5.74) is 0.0330. The second-order valence-corrected chi connectivity index (χ2v) is 5.44. The standard InChI is InChI=1S/C14H18ClN3/c1-5-14(2,3)18(4)13-11-9-7-6-8-10(11)12(15)16-17-13/h6-9H,5H2,1-4H3. The Morgan fingerprint density at radius 3 is 2.39 bits per heavy atom. The predicted molar refractivity (Wildman–Crippen MR) is 77.3 cm³/mol. The monoisotopic (exact) mass is 263 g/mol. The van der Waals surface area contributed by atoms with Crippen LogP contribution < -0.4 is 4.90 Å². The highest BCUT2D eigenvalue weighted by atomic mass is 35.5. The van der Waals surface area contributed by atoms with E-state index in [0.29, 0.717) is 5.15 Å². The average molecular weight is 264 g/mol. The Bertz CT molecular complexity index is 566. The van der Waals surface area contributed by atoms with Crippen LogP contribution in [-0.2, 0) is 0 Å². The molecular weight excluding hydrogens is 246 g/mol. The smallest absolute Gasteiger partial charge is 0.159 e. The van der Waals surface area contributed by atoms with Crippen molar-refractivity contribution in [3.05, 3.63) is 29.4 Å². The van der Waals surface area contributed by atoms with Gasteiger partial charge >= 0.3 is 0 Å². The Labute approximate surface area is 113 Å². The first kappa shape index (κ1) is 13.1. The highest BCUT2D eigenvalue weighted by molar-refractivity contribution is 6.34. The Balaban J connectivity index is 2.62. The van der Waals surface area contributed by atoms with E-state index in [-0.39, 0.29) is 5.54 Å². The van der Waals surface area contributed by atoms with E-state index in [1.807, 2.05) is 31.3 Å². The summed E-state index contributed by atoms with van der Waals surface area (Å²) in [5, 5.41) is 10.8. The van der Waals surface area contributed by atoms with Crippen molar-refractivity contribution in [1.82, 2.24) is 10.2 Å². The van der Waals surface area contributed by atoms with Gasteiger partial charge in [-0.2, -0.15) is 0 Å². The zero-order chi connectivity index (χ0) is 13.3. The van der Waals surface area contributed by atoms with E-state index in [4.69, 9.17) is 11.6 Å². The molecule has 0 N–H and O–H groups in total. The molecule has 0 aliphatic carbocycles. The van der Waals surface area contributed by atoms with Crippen LogP contribution >= 0.6 is 11.6 Å². The molecule has 2 aromatic rings. The maximum absolute atomic E-state index is 6.09. The maximum atomic E-state index is 6.09. The molecule has 1 aromatic heterocycles. The highest BCUT2D eigenvalue weighted by Gasteiger charge is 2.24. The van der Waals surface area contributed by atoms with Gasteiger partial charge in [0.2, 0.25) is 0 Å². The fourth-order valence-electron chi connectivity index (χ4n) is 1.83. The van der Waals surface area contributed by atoms with E-state index in [1.165, 1.54) is 0 Å². The first-order valence-corrected chi connectivity index (χ1v) is 6.50. The van der Waals surface area contributed by atoms with Crippen molar-refractivity contribution in [3.8, 4) is 0 Å². The number of rotatable bonds is 3. The lowest BCUT2D eigenvalue weighted by molar-refractivity contribution is 0.467. The van der Waals surface area contributed by atoms with Crippen LogP contribution in [0, 0.1) is 0 Å². The summed E-state index contributed by atoms with van der Waals surface area (Å²) < 4.78 is 0. The van der Waals surface area contributed by atoms with Gasteiger partial charge in [-0.05, 0) is 20.3 Å². The number of hydrogen-bond donors (Lipinski definition) is 0. The van der Waals surface area contributed by atoms with Crippen LogP contribution in [0.4, 0.5) is 5.82 Å². The SMILES string of the molecule is CCC(C)(C)N(C)c1nnc(Cl)c2ccccc12. The van der Waals surface area contributed by atoms with Crippen molar-refractivity contribution < 1.29 is 0 Å². The van der Waals surface area contributed by atoms with Gasteiger partial charge in [-0.3, -0.25) is 0 Å². The minimum Gasteiger partial charge on any atom is -0.353 e. The van der Waals surface area contributed by atoms with Crippen molar-refractivity contribution in [2.75, 3.05) is 11.9 Å². The summed E-state index contributed by atoms with van der Waals surface area (Å²) in [5.74, 6) is 0.877. The first-order chi connectivity index (χ1) is 8.47. The number of benzene rings is 1. The van der Waals surface area contributed by atoms with Crippen molar-refractivity contribution in [2.45, 2.75) is 32.7 Å². The fraction of sp³-hybridized carbons (Fsp3) is 0.429. The van der Waals surface area contributed by atoms with E-state index in [1.54, 1.807) is 0 Å². The van der Waals surface area contributed by atoms with Crippen LogP contribution in [0.15, 0.2) is 24.3 Å². The van der Waals surface area contributed by atoms with E-state index >= 15 is 0 Å². The van der Waals surface area contributed by atoms with Crippen molar-refractivity contribution in [3.63, 3.8) is 0 Å². The molecule has 0 saturated carbocycles. The van der Waals surface area contributed by atoms with Crippen LogP contribution in [0.3, 0.4) is 0 Å². The molecule has 1 heterocycles. The van der Waals surface area contributed by atoms with Crippen molar-refractivity contribution >= 4 is 28.2 Å². The average Bonchev–Trinajstić information content (AvgIpc) is 2.39. The lowest BCUT2D eigenvalue weighted by atomic mass is 9.99. The number of hydrogen-bond acceptors (Lipinski definition) is 3. The van der Waals surface area contributed by atoms with E-state index in [9.17, 15) is 0 Å². The zero-order valence-corrected chi connectivity index (χ0v) is 12.0. The zero-order valence-electron chi connectivity index (χ0n) is 11.2. The topological polar surface area (TPSA) is 29.0 Å². The molecule has 0 fully saturated rings. The van der Waals surface area contributed by atoms with Gasteiger partial charge < -0.3 is 4.90 Å².